The molecule has 0 spiro atoms. The second-order valence-electron chi connectivity index (χ2n) is 23.9. The molecule has 0 radical (unpaired) electrons. The quantitative estimate of drug-likeness (QED) is 0.135. The van der Waals surface area contributed by atoms with Crippen LogP contribution in [0.2, 0.25) is 0 Å². The molecule has 84 heavy (non-hydrogen) atoms. The van der Waals surface area contributed by atoms with Crippen LogP contribution in [-0.4, -0.2) is 41.0 Å². The van der Waals surface area contributed by atoms with E-state index in [4.69, 9.17) is 58.8 Å². The van der Waals surface area contributed by atoms with Crippen molar-refractivity contribution in [2.75, 3.05) is 0 Å². The zero-order valence-corrected chi connectivity index (χ0v) is 50.9. The zero-order chi connectivity index (χ0) is 57.5. The Morgan fingerprint density at radius 2 is 0.607 bits per heavy atom. The van der Waals surface area contributed by atoms with Gasteiger partial charge < -0.3 is 54.0 Å². The van der Waals surface area contributed by atoms with Crippen LogP contribution in [0.4, 0.5) is 0 Å². The molecular formula is C69H56N8O6Zn. The Hall–Kier alpha value is -9.59. The number of ether oxygens (including phenoxy) is 4. The van der Waals surface area contributed by atoms with E-state index in [1.165, 1.54) is 28.8 Å². The number of hydrogen-bond acceptors (Lipinski definition) is 11. The second kappa shape index (κ2) is 21.0. The standard InChI is InChI=1S/C69H57N8O6.Zn/c1-67(2,3)39-12-20-43(21-13-39)81-47-27-30-50-54(35-47)62-71-58(50)70-59-51-31-28-48(82-44-22-14-40(15-23-44)68(4,5)6)36-55(51)63(72-59)74-61-53-33-29-49(83-45-24-16-41(17-25-45)69(7,8)9)37-57(53)65(76-61)77-64-56-34-46(26-32-52(56)60(73-62)75-64)80-42-18-10-38(11-19-42)66(78)79;/h10-37H,1-9H3,(H2-,70,71,72,73,74,75,76,77,78,79);/q-1;+2/p-1. The van der Waals surface area contributed by atoms with E-state index in [9.17, 15) is 9.90 Å². The number of aromatic nitrogens is 8. The summed E-state index contributed by atoms with van der Waals surface area (Å²) in [7, 11) is 0. The van der Waals surface area contributed by atoms with Crippen LogP contribution in [-0.2, 0) is 35.7 Å². The first-order valence-electron chi connectivity index (χ1n) is 27.4. The number of carboxylic acid groups (broad SMARTS) is 1. The summed E-state index contributed by atoms with van der Waals surface area (Å²) < 4.78 is 25.9. The van der Waals surface area contributed by atoms with Crippen LogP contribution < -0.4 is 28.9 Å². The van der Waals surface area contributed by atoms with Gasteiger partial charge in [-0.05, 0) is 188 Å². The van der Waals surface area contributed by atoms with Crippen molar-refractivity contribution in [2.24, 2.45) is 0 Å². The average Bonchev–Trinajstić information content (AvgIpc) is 2.48. The van der Waals surface area contributed by atoms with E-state index in [0.29, 0.717) is 130 Å². The van der Waals surface area contributed by atoms with E-state index in [2.05, 4.69) is 98.7 Å². The molecule has 8 bridgehead atoms. The van der Waals surface area contributed by atoms with Gasteiger partial charge in [0.25, 0.3) is 0 Å². The fraction of sp³-hybridized carbons (Fsp3) is 0.174. The van der Waals surface area contributed by atoms with Crippen LogP contribution in [0.25, 0.3) is 89.7 Å². The first-order valence-corrected chi connectivity index (χ1v) is 27.4. The van der Waals surface area contributed by atoms with E-state index in [1.54, 1.807) is 12.1 Å². The summed E-state index contributed by atoms with van der Waals surface area (Å²) in [6.45, 7) is 19.6. The van der Waals surface area contributed by atoms with E-state index >= 15 is 0 Å². The topological polar surface area (TPSA) is 180 Å². The molecule has 0 aliphatic carbocycles. The largest absolute Gasteiger partial charge is 2.00 e. The van der Waals surface area contributed by atoms with Crippen LogP contribution in [0.5, 0.6) is 46.0 Å². The van der Waals surface area contributed by atoms with E-state index in [1.807, 2.05) is 109 Å². The number of benzene rings is 8. The number of rotatable bonds is 9. The molecule has 410 valence electrons. The predicted molar refractivity (Wildman–Crippen MR) is 323 cm³/mol. The summed E-state index contributed by atoms with van der Waals surface area (Å²) in [5.41, 5.74) is 7.68. The molecule has 14 nitrogen and oxygen atoms in total. The van der Waals surface area contributed by atoms with Crippen LogP contribution in [0, 0.1) is 0 Å². The maximum atomic E-state index is 11.7. The molecule has 1 N–H and O–H groups in total. The Kier molecular flexibility index (Phi) is 13.7. The molecule has 15 heteroatoms. The summed E-state index contributed by atoms with van der Waals surface area (Å²) in [6, 6.07) is 53.3. The Morgan fingerprint density at radius 3 is 0.929 bits per heavy atom. The van der Waals surface area contributed by atoms with Crippen molar-refractivity contribution in [3.8, 4) is 91.5 Å². The van der Waals surface area contributed by atoms with Gasteiger partial charge in [0.2, 0.25) is 0 Å². The normalized spacial score (nSPS) is 12.1. The van der Waals surface area contributed by atoms with Crippen molar-refractivity contribution in [3.63, 3.8) is 0 Å². The van der Waals surface area contributed by atoms with Crippen molar-refractivity contribution in [3.05, 3.63) is 192 Å². The minimum Gasteiger partial charge on any atom is -0.478 e. The van der Waals surface area contributed by atoms with Crippen LogP contribution in [0.3, 0.4) is 0 Å². The zero-order valence-electron chi connectivity index (χ0n) is 47.9. The monoisotopic (exact) mass is 1160 g/mol. The molecule has 3 aromatic heterocycles. The van der Waals surface area contributed by atoms with Gasteiger partial charge in [-0.1, -0.05) is 98.7 Å². The minimum absolute atomic E-state index is 0. The first-order chi connectivity index (χ1) is 39.7. The Balaban J connectivity index is 0.00000694. The second-order valence-corrected chi connectivity index (χ2v) is 23.9. The summed E-state index contributed by atoms with van der Waals surface area (Å²) in [5, 5.41) is 12.3. The van der Waals surface area contributed by atoms with Crippen molar-refractivity contribution in [1.82, 2.24) is 39.9 Å². The molecule has 0 fully saturated rings. The third-order valence-corrected chi connectivity index (χ3v) is 14.8. The first kappa shape index (κ1) is 55.0. The number of aromatic carboxylic acids is 1. The summed E-state index contributed by atoms with van der Waals surface area (Å²) in [5.74, 6) is 4.98. The van der Waals surface area contributed by atoms with Crippen molar-refractivity contribution in [1.29, 1.82) is 0 Å². The number of carboxylic acids is 1. The van der Waals surface area contributed by atoms with Gasteiger partial charge >= 0.3 is 25.4 Å². The third-order valence-electron chi connectivity index (χ3n) is 14.8. The van der Waals surface area contributed by atoms with Crippen LogP contribution >= 0.6 is 0 Å². The van der Waals surface area contributed by atoms with Gasteiger partial charge in [-0.3, -0.25) is 0 Å². The smallest absolute Gasteiger partial charge is 0.478 e. The van der Waals surface area contributed by atoms with Crippen molar-refractivity contribution in [2.45, 2.75) is 78.6 Å². The Morgan fingerprint density at radius 1 is 0.333 bits per heavy atom. The number of fused-ring (bicyclic) bond motifs is 20. The van der Waals surface area contributed by atoms with E-state index < -0.39 is 5.97 Å². The van der Waals surface area contributed by atoms with Gasteiger partial charge in [-0.15, -0.1) is 0 Å². The molecule has 2 aliphatic heterocycles. The van der Waals surface area contributed by atoms with Gasteiger partial charge in [-0.25, -0.2) is 14.8 Å². The average molecular weight is 1160 g/mol. The third kappa shape index (κ3) is 10.9. The van der Waals surface area contributed by atoms with Gasteiger partial charge in [0.05, 0.1) is 28.9 Å². The molecule has 5 heterocycles. The van der Waals surface area contributed by atoms with E-state index in [0.717, 1.165) is 5.56 Å². The van der Waals surface area contributed by atoms with Crippen molar-refractivity contribution >= 4 is 50.1 Å². The SMILES string of the molecule is CC(C)(C)c1ccc(Oc2ccc3c(c2)-c2nc-3nc3[n-]c(nc4nc(nc5[n-]c(n2)c2ccc(Oc6ccc(C(C)(C)C)cc6)cc52)-c2cc(Oc5ccc(C(=O)O)cc5)ccc2-4)c2cc(Oc4ccc(C(C)(C)C)cc4)ccc32)cc1.[Zn+2]. The summed E-state index contributed by atoms with van der Waals surface area (Å²) in [4.78, 5) is 53.3. The molecule has 11 aromatic rings. The van der Waals surface area contributed by atoms with Crippen LogP contribution in [0.1, 0.15) is 89.4 Å². The Labute approximate surface area is 497 Å². The molecular weight excluding hydrogens is 1100 g/mol. The fourth-order valence-electron chi connectivity index (χ4n) is 10.1. The van der Waals surface area contributed by atoms with Gasteiger partial charge in [0.15, 0.2) is 0 Å². The number of carbonyl (C=O) groups is 1. The maximum absolute atomic E-state index is 11.7. The van der Waals surface area contributed by atoms with Gasteiger partial charge in [-0.2, -0.15) is 0 Å². The number of hydrogen-bond donors (Lipinski definition) is 1. The van der Waals surface area contributed by atoms with E-state index in [-0.39, 0.29) is 41.3 Å². The van der Waals surface area contributed by atoms with Crippen molar-refractivity contribution < 1.29 is 48.3 Å². The molecule has 0 saturated carbocycles. The molecule has 13 rings (SSSR count). The molecule has 0 amide bonds. The molecule has 2 aliphatic rings. The molecule has 8 aromatic carbocycles. The molecule has 0 unspecified atom stereocenters. The predicted octanol–water partition coefficient (Wildman–Crippen LogP) is 16.9. The maximum Gasteiger partial charge on any atom is 2.00 e. The number of nitrogens with zero attached hydrogens (tertiary/aromatic N) is 8. The molecule has 0 saturated heterocycles. The molecule has 0 atom stereocenters. The van der Waals surface area contributed by atoms with Gasteiger partial charge in [0, 0.05) is 44.8 Å². The van der Waals surface area contributed by atoms with Crippen LogP contribution in [0.15, 0.2) is 170 Å². The van der Waals surface area contributed by atoms with Gasteiger partial charge in [0.1, 0.15) is 46.0 Å². The summed E-state index contributed by atoms with van der Waals surface area (Å²) >= 11 is 0. The fourth-order valence-corrected chi connectivity index (χ4v) is 10.1. The minimum atomic E-state index is -1.04. The Bertz CT molecular complexity index is 4580. The summed E-state index contributed by atoms with van der Waals surface area (Å²) in [6.07, 6.45) is 0.